The van der Waals surface area contributed by atoms with Crippen LogP contribution in [-0.4, -0.2) is 20.3 Å². The SMILES string of the molecule is CCCCCCCCOP(=O)(OC)OCCCC. The summed E-state index contributed by atoms with van der Waals surface area (Å²) in [7, 11) is -1.92. The Morgan fingerprint density at radius 3 is 1.83 bits per heavy atom. The Balaban J connectivity index is 3.56. The van der Waals surface area contributed by atoms with E-state index < -0.39 is 7.82 Å². The quantitative estimate of drug-likeness (QED) is 0.354. The predicted octanol–water partition coefficient (Wildman–Crippen LogP) is 4.93. The lowest BCUT2D eigenvalue weighted by atomic mass is 10.1. The fraction of sp³-hybridized carbons (Fsp3) is 1.00. The molecule has 0 aromatic heterocycles. The van der Waals surface area contributed by atoms with Gasteiger partial charge in [0.2, 0.25) is 0 Å². The maximum atomic E-state index is 11.9. The smallest absolute Gasteiger partial charge is 0.290 e. The molecule has 0 saturated carbocycles. The first-order valence-corrected chi connectivity index (χ1v) is 8.59. The molecular formula is C13H29O4P. The zero-order valence-electron chi connectivity index (χ0n) is 12.2. The van der Waals surface area contributed by atoms with Gasteiger partial charge in [0, 0.05) is 7.11 Å². The van der Waals surface area contributed by atoms with Crippen molar-refractivity contribution in [3.63, 3.8) is 0 Å². The Labute approximate surface area is 112 Å². The van der Waals surface area contributed by atoms with Gasteiger partial charge < -0.3 is 0 Å². The van der Waals surface area contributed by atoms with E-state index in [0.29, 0.717) is 13.2 Å². The Morgan fingerprint density at radius 1 is 0.778 bits per heavy atom. The van der Waals surface area contributed by atoms with Gasteiger partial charge in [-0.3, -0.25) is 13.6 Å². The van der Waals surface area contributed by atoms with Crippen LogP contribution in [0.1, 0.15) is 65.2 Å². The summed E-state index contributed by atoms with van der Waals surface area (Å²) in [6.07, 6.45) is 8.91. The van der Waals surface area contributed by atoms with E-state index in [1.165, 1.54) is 32.8 Å². The van der Waals surface area contributed by atoms with E-state index in [1.54, 1.807) is 0 Å². The molecule has 110 valence electrons. The number of rotatable bonds is 13. The third-order valence-corrected chi connectivity index (χ3v) is 4.16. The molecule has 0 aliphatic carbocycles. The number of hydrogen-bond acceptors (Lipinski definition) is 4. The molecule has 0 aromatic carbocycles. The summed E-state index contributed by atoms with van der Waals surface area (Å²) in [5.74, 6) is 0. The first-order chi connectivity index (χ1) is 8.68. The van der Waals surface area contributed by atoms with Crippen molar-refractivity contribution in [2.45, 2.75) is 65.2 Å². The summed E-state index contributed by atoms with van der Waals surface area (Å²) >= 11 is 0. The highest BCUT2D eigenvalue weighted by Crippen LogP contribution is 2.48. The van der Waals surface area contributed by atoms with Gasteiger partial charge in [-0.2, -0.15) is 0 Å². The minimum absolute atomic E-state index is 0.429. The fourth-order valence-electron chi connectivity index (χ4n) is 1.52. The lowest BCUT2D eigenvalue weighted by Crippen LogP contribution is -2.01. The molecule has 0 amide bonds. The summed E-state index contributed by atoms with van der Waals surface area (Å²) in [5, 5.41) is 0. The molecule has 4 nitrogen and oxygen atoms in total. The molecule has 1 unspecified atom stereocenters. The van der Waals surface area contributed by atoms with Crippen LogP contribution < -0.4 is 0 Å². The van der Waals surface area contributed by atoms with Crippen LogP contribution in [0.4, 0.5) is 0 Å². The minimum Gasteiger partial charge on any atom is -0.290 e. The number of unbranched alkanes of at least 4 members (excludes halogenated alkanes) is 6. The second-order valence-electron chi connectivity index (χ2n) is 4.42. The zero-order valence-corrected chi connectivity index (χ0v) is 13.0. The van der Waals surface area contributed by atoms with Gasteiger partial charge in [0.25, 0.3) is 0 Å². The Bertz CT molecular complexity index is 221. The van der Waals surface area contributed by atoms with Crippen LogP contribution in [0.3, 0.4) is 0 Å². The highest BCUT2D eigenvalue weighted by Gasteiger charge is 2.23. The van der Waals surface area contributed by atoms with Crippen molar-refractivity contribution in [1.29, 1.82) is 0 Å². The van der Waals surface area contributed by atoms with E-state index in [2.05, 4.69) is 13.8 Å². The summed E-state index contributed by atoms with van der Waals surface area (Å²) in [4.78, 5) is 0. The monoisotopic (exact) mass is 280 g/mol. The van der Waals surface area contributed by atoms with Crippen LogP contribution >= 0.6 is 7.82 Å². The second kappa shape index (κ2) is 12.2. The third kappa shape index (κ3) is 10.1. The van der Waals surface area contributed by atoms with E-state index in [9.17, 15) is 4.57 Å². The maximum absolute atomic E-state index is 11.9. The van der Waals surface area contributed by atoms with Crippen molar-refractivity contribution >= 4 is 7.82 Å². The average molecular weight is 280 g/mol. The first kappa shape index (κ1) is 18.1. The number of phosphoric ester groups is 1. The molecule has 0 N–H and O–H groups in total. The first-order valence-electron chi connectivity index (χ1n) is 7.13. The summed E-state index contributed by atoms with van der Waals surface area (Å²) in [6.45, 7) is 5.13. The van der Waals surface area contributed by atoms with E-state index in [4.69, 9.17) is 13.6 Å². The molecule has 0 heterocycles. The molecule has 0 aliphatic rings. The molecule has 0 saturated heterocycles. The van der Waals surface area contributed by atoms with Gasteiger partial charge >= 0.3 is 7.82 Å². The van der Waals surface area contributed by atoms with Crippen molar-refractivity contribution in [1.82, 2.24) is 0 Å². The molecule has 0 radical (unpaired) electrons. The molecule has 0 fully saturated rings. The van der Waals surface area contributed by atoms with Crippen molar-refractivity contribution < 1.29 is 18.1 Å². The van der Waals surface area contributed by atoms with Gasteiger partial charge in [-0.05, 0) is 12.8 Å². The van der Waals surface area contributed by atoms with E-state index >= 15 is 0 Å². The van der Waals surface area contributed by atoms with Gasteiger partial charge in [0.05, 0.1) is 13.2 Å². The van der Waals surface area contributed by atoms with Gasteiger partial charge in [0.1, 0.15) is 0 Å². The number of phosphoric acid groups is 1. The van der Waals surface area contributed by atoms with Crippen LogP contribution in [0.5, 0.6) is 0 Å². The Kier molecular flexibility index (Phi) is 12.2. The number of hydrogen-bond donors (Lipinski definition) is 0. The Hall–Kier alpha value is 0.110. The molecule has 18 heavy (non-hydrogen) atoms. The zero-order chi connectivity index (χ0) is 13.7. The molecule has 0 spiro atoms. The topological polar surface area (TPSA) is 44.8 Å². The van der Waals surface area contributed by atoms with Crippen molar-refractivity contribution in [2.24, 2.45) is 0 Å². The van der Waals surface area contributed by atoms with Crippen LogP contribution in [0.15, 0.2) is 0 Å². The van der Waals surface area contributed by atoms with E-state index in [0.717, 1.165) is 25.7 Å². The van der Waals surface area contributed by atoms with Gasteiger partial charge in [0.15, 0.2) is 0 Å². The highest BCUT2D eigenvalue weighted by atomic mass is 31.2. The van der Waals surface area contributed by atoms with Crippen LogP contribution in [-0.2, 0) is 18.1 Å². The predicted molar refractivity (Wildman–Crippen MR) is 74.8 cm³/mol. The Morgan fingerprint density at radius 2 is 1.28 bits per heavy atom. The second-order valence-corrected chi connectivity index (χ2v) is 6.19. The van der Waals surface area contributed by atoms with Gasteiger partial charge in [-0.1, -0.05) is 52.4 Å². The van der Waals surface area contributed by atoms with Crippen LogP contribution in [0, 0.1) is 0 Å². The van der Waals surface area contributed by atoms with Gasteiger partial charge in [-0.15, -0.1) is 0 Å². The molecule has 0 aromatic rings. The molecular weight excluding hydrogens is 251 g/mol. The molecule has 1 atom stereocenters. The van der Waals surface area contributed by atoms with Crippen molar-refractivity contribution in [3.8, 4) is 0 Å². The summed E-state index contributed by atoms with van der Waals surface area (Å²) in [5.41, 5.74) is 0. The highest BCUT2D eigenvalue weighted by molar-refractivity contribution is 7.48. The lowest BCUT2D eigenvalue weighted by molar-refractivity contribution is 0.128. The molecule has 5 heteroatoms. The molecule has 0 aliphatic heterocycles. The van der Waals surface area contributed by atoms with Crippen LogP contribution in [0.2, 0.25) is 0 Å². The van der Waals surface area contributed by atoms with Crippen LogP contribution in [0.25, 0.3) is 0 Å². The minimum atomic E-state index is -3.29. The van der Waals surface area contributed by atoms with E-state index in [-0.39, 0.29) is 0 Å². The third-order valence-electron chi connectivity index (χ3n) is 2.72. The lowest BCUT2D eigenvalue weighted by Gasteiger charge is -2.15. The largest absolute Gasteiger partial charge is 0.474 e. The average Bonchev–Trinajstić information content (AvgIpc) is 2.38. The normalized spacial score (nSPS) is 14.6. The molecule has 0 rings (SSSR count). The van der Waals surface area contributed by atoms with Crippen molar-refractivity contribution in [2.75, 3.05) is 20.3 Å². The maximum Gasteiger partial charge on any atom is 0.474 e. The standard InChI is InChI=1S/C13H29O4P/c1-4-6-8-9-10-11-13-17-18(14,15-3)16-12-7-5-2/h4-13H2,1-3H3. The van der Waals surface area contributed by atoms with Crippen molar-refractivity contribution in [3.05, 3.63) is 0 Å². The summed E-state index contributed by atoms with van der Waals surface area (Å²) < 4.78 is 27.2. The summed E-state index contributed by atoms with van der Waals surface area (Å²) in [6, 6.07) is 0. The fourth-order valence-corrected chi connectivity index (χ4v) is 2.51. The molecule has 0 bridgehead atoms. The van der Waals surface area contributed by atoms with E-state index in [1.807, 2.05) is 0 Å². The van der Waals surface area contributed by atoms with Gasteiger partial charge in [-0.25, -0.2) is 4.57 Å².